The molecule has 2 N–H and O–H groups in total. The van der Waals surface area contributed by atoms with E-state index in [2.05, 4.69) is 89.1 Å². The van der Waals surface area contributed by atoms with Gasteiger partial charge in [0, 0.05) is 29.6 Å². The number of nitrogens with zero attached hydrogens (tertiary/aromatic N) is 1. The van der Waals surface area contributed by atoms with Crippen LogP contribution in [0.5, 0.6) is 0 Å². The van der Waals surface area contributed by atoms with E-state index in [4.69, 9.17) is 0 Å². The van der Waals surface area contributed by atoms with E-state index in [1.165, 1.54) is 37.1 Å². The van der Waals surface area contributed by atoms with Gasteiger partial charge in [-0.25, -0.2) is 0 Å². The van der Waals surface area contributed by atoms with Gasteiger partial charge >= 0.3 is 17.1 Å². The molecule has 0 aromatic rings. The van der Waals surface area contributed by atoms with Crippen molar-refractivity contribution in [3.8, 4) is 0 Å². The molecule has 0 bridgehead atoms. The fourth-order valence-corrected chi connectivity index (χ4v) is 3.61. The number of hydrogen-bond acceptors (Lipinski definition) is 3. The molecule has 0 amide bonds. The third-order valence-electron chi connectivity index (χ3n) is 5.43. The Hall–Kier alpha value is -1.38. The van der Waals surface area contributed by atoms with Crippen molar-refractivity contribution in [2.75, 3.05) is 13.1 Å². The topological polar surface area (TPSA) is 27.3 Å². The number of rotatable bonds is 13. The second kappa shape index (κ2) is 21.5. The molecule has 1 heterocycles. The summed E-state index contributed by atoms with van der Waals surface area (Å²) in [5.41, 5.74) is 3.53. The van der Waals surface area contributed by atoms with Crippen LogP contribution in [0.25, 0.3) is 0 Å². The Kier molecular flexibility index (Phi) is 23.6. The maximum atomic E-state index is 4.25. The SMILES string of the molecule is C=C1CC(C(C)C)C(=C)N1CCCCCC.C=[C-]CNC(=C)C(NC=C)C(C)C.CC.[Cu+]. The first-order chi connectivity index (χ1) is 14.7. The van der Waals surface area contributed by atoms with Crippen LogP contribution < -0.4 is 10.6 Å². The summed E-state index contributed by atoms with van der Waals surface area (Å²) < 4.78 is 0. The quantitative estimate of drug-likeness (QED) is 0.158. The van der Waals surface area contributed by atoms with Crippen molar-refractivity contribution in [1.82, 2.24) is 15.5 Å². The second-order valence-electron chi connectivity index (χ2n) is 8.55. The molecule has 0 radical (unpaired) electrons. The minimum absolute atomic E-state index is 0. The summed E-state index contributed by atoms with van der Waals surface area (Å²) in [7, 11) is 0. The molecule has 190 valence electrons. The van der Waals surface area contributed by atoms with Gasteiger partial charge in [-0.05, 0) is 30.9 Å². The molecule has 0 spiro atoms. The first-order valence-electron chi connectivity index (χ1n) is 12.1. The zero-order chi connectivity index (χ0) is 24.4. The van der Waals surface area contributed by atoms with Gasteiger partial charge in [-0.2, -0.15) is 0 Å². The van der Waals surface area contributed by atoms with Crippen molar-refractivity contribution in [1.29, 1.82) is 0 Å². The van der Waals surface area contributed by atoms with Crippen LogP contribution in [0.3, 0.4) is 0 Å². The molecular weight excluding hydrogens is 442 g/mol. The van der Waals surface area contributed by atoms with Crippen molar-refractivity contribution in [2.45, 2.75) is 86.6 Å². The Morgan fingerprint density at radius 1 is 1.16 bits per heavy atom. The van der Waals surface area contributed by atoms with E-state index < -0.39 is 0 Å². The van der Waals surface area contributed by atoms with Gasteiger partial charge in [0.25, 0.3) is 0 Å². The molecule has 0 aliphatic carbocycles. The monoisotopic (exact) mass is 493 g/mol. The summed E-state index contributed by atoms with van der Waals surface area (Å²) in [4.78, 5) is 2.36. The van der Waals surface area contributed by atoms with Gasteiger partial charge in [-0.1, -0.05) is 94.0 Å². The number of hydrogen-bond donors (Lipinski definition) is 2. The van der Waals surface area contributed by atoms with Crippen LogP contribution in [0.4, 0.5) is 0 Å². The van der Waals surface area contributed by atoms with Crippen LogP contribution in [0, 0.1) is 23.8 Å². The van der Waals surface area contributed by atoms with Crippen LogP contribution >= 0.6 is 0 Å². The van der Waals surface area contributed by atoms with Crippen LogP contribution in [-0.4, -0.2) is 24.0 Å². The Balaban J connectivity index is -0.000000483. The molecule has 1 saturated heterocycles. The molecule has 1 rings (SSSR count). The fraction of sp³-hybridized carbons (Fsp3) is 0.643. The summed E-state index contributed by atoms with van der Waals surface area (Å²) in [6, 6.07) is 0.214. The molecular formula is C28H52CuN3. The van der Waals surface area contributed by atoms with Gasteiger partial charge in [0.15, 0.2) is 0 Å². The predicted molar refractivity (Wildman–Crippen MR) is 141 cm³/mol. The van der Waals surface area contributed by atoms with Gasteiger partial charge in [0.05, 0.1) is 6.04 Å². The van der Waals surface area contributed by atoms with Crippen molar-refractivity contribution in [3.63, 3.8) is 0 Å². The van der Waals surface area contributed by atoms with Crippen LogP contribution in [0.2, 0.25) is 0 Å². The van der Waals surface area contributed by atoms with E-state index in [-0.39, 0.29) is 23.1 Å². The molecule has 1 aliphatic rings. The molecule has 0 aromatic heterocycles. The van der Waals surface area contributed by atoms with Gasteiger partial charge in [0.2, 0.25) is 0 Å². The zero-order valence-corrected chi connectivity index (χ0v) is 23.1. The van der Waals surface area contributed by atoms with Crippen LogP contribution in [-0.2, 0) is 17.1 Å². The van der Waals surface area contributed by atoms with Gasteiger partial charge in [-0.15, -0.1) is 6.54 Å². The number of unbranched alkanes of at least 4 members (excludes halogenated alkanes) is 3. The smallest absolute Gasteiger partial charge is 0.484 e. The van der Waals surface area contributed by atoms with E-state index in [0.717, 1.165) is 18.7 Å². The summed E-state index contributed by atoms with van der Waals surface area (Å²) in [6.45, 7) is 36.4. The second-order valence-corrected chi connectivity index (χ2v) is 8.55. The molecule has 0 saturated carbocycles. The molecule has 32 heavy (non-hydrogen) atoms. The van der Waals surface area contributed by atoms with Gasteiger partial charge in [0.1, 0.15) is 0 Å². The van der Waals surface area contributed by atoms with E-state index in [1.54, 1.807) is 6.20 Å². The minimum Gasteiger partial charge on any atom is -0.484 e. The van der Waals surface area contributed by atoms with Crippen molar-refractivity contribution in [3.05, 3.63) is 62.3 Å². The van der Waals surface area contributed by atoms with E-state index in [1.807, 2.05) is 13.8 Å². The Bertz CT molecular complexity index is 537. The maximum Gasteiger partial charge on any atom is 1.00 e. The first-order valence-corrected chi connectivity index (χ1v) is 12.1. The molecule has 1 aliphatic heterocycles. The standard InChI is InChI=1S/C15H27N.C11H19N2.C2H6.Cu/c1-6-7-8-9-10-16-13(4)11-15(12(2)3)14(16)5;1-6-8-13-10(5)11(9(3)4)12-7-2;1-2;/h12,15H,4-11H2,1-3H3;7,9,11-13H,1-2,5,8H2,3-4H3;1-2H3;/q;-1;;+1. The number of nitrogens with one attached hydrogen (secondary N) is 2. The Morgan fingerprint density at radius 3 is 2.16 bits per heavy atom. The normalized spacial score (nSPS) is 15.7. The summed E-state index contributed by atoms with van der Waals surface area (Å²) in [5.74, 6) is 1.78. The minimum atomic E-state index is 0. The number of allylic oxidation sites excluding steroid dienone is 2. The van der Waals surface area contributed by atoms with Crippen LogP contribution in [0.1, 0.15) is 80.6 Å². The molecule has 1 fully saturated rings. The summed E-state index contributed by atoms with van der Waals surface area (Å²) >= 11 is 0. The average molecular weight is 494 g/mol. The van der Waals surface area contributed by atoms with E-state index >= 15 is 0 Å². The maximum absolute atomic E-state index is 4.25. The molecule has 2 unspecified atom stereocenters. The van der Waals surface area contributed by atoms with Gasteiger partial charge < -0.3 is 21.6 Å². The third-order valence-corrected chi connectivity index (χ3v) is 5.43. The molecule has 3 nitrogen and oxygen atoms in total. The van der Waals surface area contributed by atoms with Crippen molar-refractivity contribution >= 4 is 0 Å². The average Bonchev–Trinajstić information content (AvgIpc) is 3.03. The first kappa shape index (κ1) is 35.2. The molecule has 0 aromatic carbocycles. The van der Waals surface area contributed by atoms with Crippen molar-refractivity contribution < 1.29 is 17.1 Å². The zero-order valence-electron chi connectivity index (χ0n) is 22.1. The predicted octanol–water partition coefficient (Wildman–Crippen LogP) is 7.43. The Labute approximate surface area is 212 Å². The molecule has 2 atom stereocenters. The summed E-state index contributed by atoms with van der Waals surface area (Å²) in [5, 5.41) is 6.26. The third kappa shape index (κ3) is 13.9. The fourth-order valence-electron chi connectivity index (χ4n) is 3.61. The van der Waals surface area contributed by atoms with Gasteiger partial charge in [-0.3, -0.25) is 6.58 Å². The van der Waals surface area contributed by atoms with E-state index in [0.29, 0.717) is 24.3 Å². The largest absolute Gasteiger partial charge is 1.00 e. The van der Waals surface area contributed by atoms with Crippen molar-refractivity contribution in [2.24, 2.45) is 17.8 Å². The van der Waals surface area contributed by atoms with Crippen LogP contribution in [0.15, 0.2) is 56.2 Å². The number of likely N-dealkylation sites (tertiary alicyclic amines) is 1. The Morgan fingerprint density at radius 2 is 1.75 bits per heavy atom. The molecule has 4 heteroatoms. The van der Waals surface area contributed by atoms with E-state index in [9.17, 15) is 0 Å². The summed E-state index contributed by atoms with van der Waals surface area (Å²) in [6.07, 6.45) is 10.8.